The molecule has 0 radical (unpaired) electrons. The van der Waals surface area contributed by atoms with Crippen molar-refractivity contribution in [2.24, 2.45) is 0 Å². The summed E-state index contributed by atoms with van der Waals surface area (Å²) in [5.41, 5.74) is 2.71. The third kappa shape index (κ3) is 5.08. The molecule has 1 aromatic heterocycles. The van der Waals surface area contributed by atoms with Gasteiger partial charge in [0, 0.05) is 5.75 Å². The van der Waals surface area contributed by atoms with Crippen LogP contribution in [-0.2, 0) is 10.5 Å². The molecule has 5 nitrogen and oxygen atoms in total. The first-order valence-electron chi connectivity index (χ1n) is 8.67. The van der Waals surface area contributed by atoms with Crippen LogP contribution in [-0.4, -0.2) is 22.2 Å². The van der Waals surface area contributed by atoms with Crippen LogP contribution in [0.1, 0.15) is 23.6 Å². The van der Waals surface area contributed by atoms with Crippen LogP contribution < -0.4 is 10.1 Å². The number of nitrogens with zero attached hydrogens (tertiary/aromatic N) is 2. The van der Waals surface area contributed by atoms with Crippen LogP contribution >= 0.6 is 23.1 Å². The molecular weight excluding hydrogens is 397 g/mol. The molecule has 0 saturated heterocycles. The number of ether oxygens (including phenoxy) is 1. The second-order valence-corrected chi connectivity index (χ2v) is 8.40. The second kappa shape index (κ2) is 9.16. The third-order valence-electron chi connectivity index (χ3n) is 4.17. The lowest BCUT2D eigenvalue weighted by molar-refractivity contribution is -0.122. The Kier molecular flexibility index (Phi) is 6.64. The van der Waals surface area contributed by atoms with Gasteiger partial charge in [0.1, 0.15) is 11.6 Å². The molecule has 28 heavy (non-hydrogen) atoms. The maximum atomic E-state index is 13.7. The monoisotopic (exact) mass is 417 g/mol. The van der Waals surface area contributed by atoms with Crippen LogP contribution in [0.25, 0.3) is 0 Å². The topological polar surface area (TPSA) is 64.1 Å². The Labute approximate surface area is 171 Å². The van der Waals surface area contributed by atoms with Crippen molar-refractivity contribution in [3.8, 4) is 5.75 Å². The van der Waals surface area contributed by atoms with Gasteiger partial charge in [-0.3, -0.25) is 10.1 Å². The van der Waals surface area contributed by atoms with Gasteiger partial charge in [-0.25, -0.2) is 4.39 Å². The maximum absolute atomic E-state index is 13.7. The van der Waals surface area contributed by atoms with Gasteiger partial charge in [-0.15, -0.1) is 10.2 Å². The number of benzene rings is 2. The van der Waals surface area contributed by atoms with E-state index in [-0.39, 0.29) is 11.7 Å². The molecule has 0 bridgehead atoms. The minimum Gasteiger partial charge on any atom is -0.481 e. The normalized spacial score (nSPS) is 11.9. The highest BCUT2D eigenvalue weighted by Gasteiger charge is 2.18. The summed E-state index contributed by atoms with van der Waals surface area (Å²) in [7, 11) is 0. The summed E-state index contributed by atoms with van der Waals surface area (Å²) >= 11 is 2.62. The Bertz CT molecular complexity index is 978. The van der Waals surface area contributed by atoms with E-state index in [1.54, 1.807) is 25.1 Å². The van der Waals surface area contributed by atoms with Gasteiger partial charge in [-0.2, -0.15) is 0 Å². The second-order valence-electron chi connectivity index (χ2n) is 6.20. The molecule has 0 fully saturated rings. The number of aryl methyl sites for hydroxylation is 1. The minimum atomic E-state index is -0.682. The zero-order valence-electron chi connectivity index (χ0n) is 15.7. The molecule has 1 unspecified atom stereocenters. The fourth-order valence-corrected chi connectivity index (χ4v) is 4.12. The zero-order valence-corrected chi connectivity index (χ0v) is 17.4. The number of carbonyl (C=O) groups is 1. The standard InChI is InChI=1S/C20H20FN3O2S2/c1-12-7-6-10-17(13(12)2)26-14(3)18(25)22-19-23-24-20(28-19)27-11-15-8-4-5-9-16(15)21/h4-10,14H,11H2,1-3H3,(H,22,23,25). The van der Waals surface area contributed by atoms with E-state index in [4.69, 9.17) is 4.74 Å². The van der Waals surface area contributed by atoms with Crippen LogP contribution in [0.5, 0.6) is 5.75 Å². The first kappa shape index (κ1) is 20.3. The Morgan fingerprint density at radius 2 is 2.00 bits per heavy atom. The highest BCUT2D eigenvalue weighted by atomic mass is 32.2. The first-order chi connectivity index (χ1) is 13.4. The van der Waals surface area contributed by atoms with E-state index in [1.807, 2.05) is 32.0 Å². The summed E-state index contributed by atoms with van der Waals surface area (Å²) in [5, 5.41) is 11.1. The van der Waals surface area contributed by atoms with E-state index >= 15 is 0 Å². The molecule has 0 aliphatic carbocycles. The lowest BCUT2D eigenvalue weighted by Gasteiger charge is -2.16. The van der Waals surface area contributed by atoms with Crippen molar-refractivity contribution in [2.75, 3.05) is 5.32 Å². The number of halogens is 1. The van der Waals surface area contributed by atoms with Crippen molar-refractivity contribution in [3.63, 3.8) is 0 Å². The number of hydrogen-bond acceptors (Lipinski definition) is 6. The number of thioether (sulfide) groups is 1. The molecule has 0 spiro atoms. The summed E-state index contributed by atoms with van der Waals surface area (Å²) in [5.74, 6) is 0.579. The van der Waals surface area contributed by atoms with Gasteiger partial charge < -0.3 is 4.74 Å². The molecule has 3 rings (SSSR count). The molecule has 2 aromatic carbocycles. The maximum Gasteiger partial charge on any atom is 0.266 e. The Morgan fingerprint density at radius 1 is 1.21 bits per heavy atom. The summed E-state index contributed by atoms with van der Waals surface area (Å²) < 4.78 is 20.1. The zero-order chi connectivity index (χ0) is 20.1. The predicted octanol–water partition coefficient (Wildman–Crippen LogP) is 4.99. The SMILES string of the molecule is Cc1cccc(OC(C)C(=O)Nc2nnc(SCc3ccccc3F)s2)c1C. The van der Waals surface area contributed by atoms with E-state index in [2.05, 4.69) is 15.5 Å². The Balaban J connectivity index is 1.56. The highest BCUT2D eigenvalue weighted by Crippen LogP contribution is 2.29. The summed E-state index contributed by atoms with van der Waals surface area (Å²) in [6.07, 6.45) is -0.682. The largest absolute Gasteiger partial charge is 0.481 e. The van der Waals surface area contributed by atoms with Crippen LogP contribution in [0, 0.1) is 19.7 Å². The van der Waals surface area contributed by atoms with Crippen LogP contribution in [0.15, 0.2) is 46.8 Å². The first-order valence-corrected chi connectivity index (χ1v) is 10.5. The van der Waals surface area contributed by atoms with Crippen LogP contribution in [0.4, 0.5) is 9.52 Å². The number of amides is 1. The predicted molar refractivity (Wildman–Crippen MR) is 111 cm³/mol. The molecular formula is C20H20FN3O2S2. The van der Waals surface area contributed by atoms with Crippen molar-refractivity contribution >= 4 is 34.1 Å². The van der Waals surface area contributed by atoms with Crippen LogP contribution in [0.2, 0.25) is 0 Å². The Morgan fingerprint density at radius 3 is 2.79 bits per heavy atom. The molecule has 1 heterocycles. The number of carbonyl (C=O) groups excluding carboxylic acids is 1. The molecule has 8 heteroatoms. The number of hydrogen-bond donors (Lipinski definition) is 1. The summed E-state index contributed by atoms with van der Waals surface area (Å²) in [4.78, 5) is 12.4. The Hall–Kier alpha value is -2.45. The van der Waals surface area contributed by atoms with Gasteiger partial charge in [-0.05, 0) is 49.6 Å². The average molecular weight is 418 g/mol. The molecule has 0 aliphatic heterocycles. The van der Waals surface area contributed by atoms with Crippen molar-refractivity contribution in [1.29, 1.82) is 0 Å². The molecule has 1 N–H and O–H groups in total. The van der Waals surface area contributed by atoms with Gasteiger partial charge in [-0.1, -0.05) is 53.4 Å². The van der Waals surface area contributed by atoms with Crippen molar-refractivity contribution in [3.05, 3.63) is 65.0 Å². The fraction of sp³-hybridized carbons (Fsp3) is 0.250. The number of rotatable bonds is 7. The number of aromatic nitrogens is 2. The average Bonchev–Trinajstić information content (AvgIpc) is 3.12. The molecule has 0 aliphatic rings. The van der Waals surface area contributed by atoms with Gasteiger partial charge in [0.2, 0.25) is 5.13 Å². The number of nitrogens with one attached hydrogen (secondary N) is 1. The van der Waals surface area contributed by atoms with Gasteiger partial charge in [0.15, 0.2) is 10.4 Å². The summed E-state index contributed by atoms with van der Waals surface area (Å²) in [6.45, 7) is 5.64. The van der Waals surface area contributed by atoms with Gasteiger partial charge in [0.25, 0.3) is 5.91 Å². The van der Waals surface area contributed by atoms with Gasteiger partial charge >= 0.3 is 0 Å². The molecule has 3 aromatic rings. The fourth-order valence-electron chi connectivity index (χ4n) is 2.38. The van der Waals surface area contributed by atoms with E-state index in [0.717, 1.165) is 11.1 Å². The van der Waals surface area contributed by atoms with Crippen LogP contribution in [0.3, 0.4) is 0 Å². The third-order valence-corrected chi connectivity index (χ3v) is 6.19. The lowest BCUT2D eigenvalue weighted by atomic mass is 10.1. The van der Waals surface area contributed by atoms with E-state index < -0.39 is 6.10 Å². The van der Waals surface area contributed by atoms with Crippen molar-refractivity contribution in [1.82, 2.24) is 10.2 Å². The minimum absolute atomic E-state index is 0.245. The molecule has 1 atom stereocenters. The van der Waals surface area contributed by atoms with Crippen molar-refractivity contribution < 1.29 is 13.9 Å². The molecule has 1 amide bonds. The summed E-state index contributed by atoms with van der Waals surface area (Å²) in [6, 6.07) is 12.3. The quantitative estimate of drug-likeness (QED) is 0.433. The van der Waals surface area contributed by atoms with Crippen molar-refractivity contribution in [2.45, 2.75) is 37.0 Å². The molecule has 146 valence electrons. The van der Waals surface area contributed by atoms with E-state index in [0.29, 0.717) is 26.5 Å². The molecule has 0 saturated carbocycles. The van der Waals surface area contributed by atoms with E-state index in [1.165, 1.54) is 29.2 Å². The smallest absolute Gasteiger partial charge is 0.266 e. The van der Waals surface area contributed by atoms with E-state index in [9.17, 15) is 9.18 Å². The number of anilines is 1. The van der Waals surface area contributed by atoms with Gasteiger partial charge in [0.05, 0.1) is 0 Å². The lowest BCUT2D eigenvalue weighted by Crippen LogP contribution is -2.30. The highest BCUT2D eigenvalue weighted by molar-refractivity contribution is 8.00.